The highest BCUT2D eigenvalue weighted by molar-refractivity contribution is 9.10. The van der Waals surface area contributed by atoms with Crippen LogP contribution in [0.1, 0.15) is 22.6 Å². The van der Waals surface area contributed by atoms with E-state index < -0.39 is 5.97 Å². The van der Waals surface area contributed by atoms with Crippen molar-refractivity contribution in [3.8, 4) is 5.75 Å². The third-order valence-electron chi connectivity index (χ3n) is 2.47. The number of hydrogen-bond donors (Lipinski definition) is 1. The summed E-state index contributed by atoms with van der Waals surface area (Å²) in [6.07, 6.45) is -0.213. The number of carbonyl (C=O) groups excluding carboxylic acids is 1. The first-order valence-corrected chi connectivity index (χ1v) is 7.01. The lowest BCUT2D eigenvalue weighted by molar-refractivity contribution is -0.136. The summed E-state index contributed by atoms with van der Waals surface area (Å²) in [5.74, 6) is -0.571. The molecular weight excluding hydrogens is 334 g/mol. The zero-order valence-corrected chi connectivity index (χ0v) is 12.4. The monoisotopic (exact) mass is 343 g/mol. The molecule has 0 saturated carbocycles. The van der Waals surface area contributed by atoms with Gasteiger partial charge in [0.05, 0.1) is 28.2 Å². The van der Waals surface area contributed by atoms with Crippen molar-refractivity contribution in [2.24, 2.45) is 0 Å². The molecule has 0 fully saturated rings. The Labute approximate surface area is 121 Å². The largest absolute Gasteiger partial charge is 0.496 e. The summed E-state index contributed by atoms with van der Waals surface area (Å²) in [5.41, 5.74) is 0.691. The Morgan fingerprint density at radius 1 is 1.42 bits per heavy atom. The number of hydrogen-bond acceptors (Lipinski definition) is 5. The topological polar surface area (TPSA) is 76.5 Å². The molecule has 0 spiro atoms. The Balaban J connectivity index is 2.31. The van der Waals surface area contributed by atoms with Gasteiger partial charge in [0.2, 0.25) is 0 Å². The van der Waals surface area contributed by atoms with Crippen molar-refractivity contribution in [3.05, 3.63) is 21.6 Å². The number of carboxylic acid groups (broad SMARTS) is 1. The number of thiazole rings is 1. The maximum atomic E-state index is 11.8. The van der Waals surface area contributed by atoms with Crippen molar-refractivity contribution < 1.29 is 19.4 Å². The molecule has 0 aliphatic heterocycles. The molecule has 1 aromatic carbocycles. The Morgan fingerprint density at radius 3 is 2.79 bits per heavy atom. The standard InChI is InChI=1S/C12H10BrNO4S/c1-18-9-5-10-7(4-6(9)13)14-12(19-10)8(15)2-3-11(16)17/h4-5H,2-3H2,1H3,(H,16,17). The fourth-order valence-electron chi connectivity index (χ4n) is 1.53. The van der Waals surface area contributed by atoms with Crippen molar-refractivity contribution in [1.29, 1.82) is 0 Å². The van der Waals surface area contributed by atoms with Gasteiger partial charge in [0.1, 0.15) is 5.75 Å². The summed E-state index contributed by atoms with van der Waals surface area (Å²) in [5, 5.41) is 8.89. The lowest BCUT2D eigenvalue weighted by Gasteiger charge is -2.01. The summed E-state index contributed by atoms with van der Waals surface area (Å²) in [7, 11) is 1.56. The number of halogens is 1. The van der Waals surface area contributed by atoms with Crippen molar-refractivity contribution >= 4 is 49.2 Å². The van der Waals surface area contributed by atoms with Gasteiger partial charge in [-0.3, -0.25) is 9.59 Å². The van der Waals surface area contributed by atoms with E-state index >= 15 is 0 Å². The van der Waals surface area contributed by atoms with Crippen LogP contribution in [-0.4, -0.2) is 29.0 Å². The van der Waals surface area contributed by atoms with E-state index in [1.165, 1.54) is 11.3 Å². The predicted octanol–water partition coefficient (Wildman–Crippen LogP) is 3.11. The van der Waals surface area contributed by atoms with Crippen LogP contribution in [0.5, 0.6) is 5.75 Å². The molecule has 0 amide bonds. The second-order valence-electron chi connectivity index (χ2n) is 3.79. The molecule has 0 aliphatic carbocycles. The smallest absolute Gasteiger partial charge is 0.303 e. The van der Waals surface area contributed by atoms with Gasteiger partial charge in [0.25, 0.3) is 0 Å². The maximum Gasteiger partial charge on any atom is 0.303 e. The average Bonchev–Trinajstić information content (AvgIpc) is 2.77. The van der Waals surface area contributed by atoms with E-state index in [1.807, 2.05) is 0 Å². The fraction of sp³-hybridized carbons (Fsp3) is 0.250. The lowest BCUT2D eigenvalue weighted by Crippen LogP contribution is -2.03. The van der Waals surface area contributed by atoms with Crippen LogP contribution in [0.4, 0.5) is 0 Å². The number of aromatic nitrogens is 1. The van der Waals surface area contributed by atoms with Gasteiger partial charge in [0.15, 0.2) is 10.8 Å². The molecule has 7 heteroatoms. The minimum absolute atomic E-state index is 0.0343. The second kappa shape index (κ2) is 5.66. The SMILES string of the molecule is COc1cc2sc(C(=O)CCC(=O)O)nc2cc1Br. The minimum atomic E-state index is -0.987. The summed E-state index contributed by atoms with van der Waals surface area (Å²) in [4.78, 5) is 26.5. The molecule has 100 valence electrons. The number of rotatable bonds is 5. The van der Waals surface area contributed by atoms with E-state index in [1.54, 1.807) is 19.2 Å². The van der Waals surface area contributed by atoms with Crippen molar-refractivity contribution in [2.45, 2.75) is 12.8 Å². The predicted molar refractivity (Wildman–Crippen MR) is 75.1 cm³/mol. The molecule has 5 nitrogen and oxygen atoms in total. The van der Waals surface area contributed by atoms with Gasteiger partial charge in [-0.25, -0.2) is 4.98 Å². The van der Waals surface area contributed by atoms with Gasteiger partial charge in [0, 0.05) is 12.5 Å². The first-order chi connectivity index (χ1) is 9.01. The maximum absolute atomic E-state index is 11.8. The second-order valence-corrected chi connectivity index (χ2v) is 5.68. The summed E-state index contributed by atoms with van der Waals surface area (Å²) in [6, 6.07) is 3.57. The molecular formula is C12H10BrNO4S. The highest BCUT2D eigenvalue weighted by Crippen LogP contribution is 2.33. The van der Waals surface area contributed by atoms with E-state index in [0.29, 0.717) is 16.3 Å². The van der Waals surface area contributed by atoms with E-state index in [2.05, 4.69) is 20.9 Å². The zero-order valence-electron chi connectivity index (χ0n) is 9.97. The van der Waals surface area contributed by atoms with Crippen LogP contribution in [0, 0.1) is 0 Å². The summed E-state index contributed by atoms with van der Waals surface area (Å²) >= 11 is 4.59. The van der Waals surface area contributed by atoms with Gasteiger partial charge in [-0.05, 0) is 22.0 Å². The molecule has 1 aromatic heterocycles. The van der Waals surface area contributed by atoms with Crippen molar-refractivity contribution in [1.82, 2.24) is 4.98 Å². The zero-order chi connectivity index (χ0) is 14.0. The average molecular weight is 344 g/mol. The highest BCUT2D eigenvalue weighted by atomic mass is 79.9. The molecule has 19 heavy (non-hydrogen) atoms. The number of benzene rings is 1. The van der Waals surface area contributed by atoms with Gasteiger partial charge < -0.3 is 9.84 Å². The van der Waals surface area contributed by atoms with Crippen molar-refractivity contribution in [3.63, 3.8) is 0 Å². The lowest BCUT2D eigenvalue weighted by atomic mass is 10.2. The molecule has 0 saturated heterocycles. The van der Waals surface area contributed by atoms with E-state index in [4.69, 9.17) is 9.84 Å². The quantitative estimate of drug-likeness (QED) is 0.844. The van der Waals surface area contributed by atoms with Crippen LogP contribution < -0.4 is 4.74 Å². The molecule has 0 radical (unpaired) electrons. The van der Waals surface area contributed by atoms with E-state index in [9.17, 15) is 9.59 Å². The molecule has 2 rings (SSSR count). The number of carbonyl (C=O) groups is 2. The Kier molecular flexibility index (Phi) is 4.16. The summed E-state index contributed by atoms with van der Waals surface area (Å²) < 4.78 is 6.76. The third-order valence-corrected chi connectivity index (χ3v) is 4.15. The fourth-order valence-corrected chi connectivity index (χ4v) is 2.97. The third kappa shape index (κ3) is 3.10. The van der Waals surface area contributed by atoms with Gasteiger partial charge in [-0.2, -0.15) is 0 Å². The van der Waals surface area contributed by atoms with Crippen LogP contribution in [0.2, 0.25) is 0 Å². The Hall–Kier alpha value is -1.47. The molecule has 2 aromatic rings. The first-order valence-electron chi connectivity index (χ1n) is 5.40. The Morgan fingerprint density at radius 2 is 2.16 bits per heavy atom. The number of fused-ring (bicyclic) bond motifs is 1. The highest BCUT2D eigenvalue weighted by Gasteiger charge is 2.15. The number of Topliss-reactive ketones (excluding diaryl/α,β-unsaturated/α-hetero) is 1. The molecule has 1 N–H and O–H groups in total. The van der Waals surface area contributed by atoms with Crippen LogP contribution >= 0.6 is 27.3 Å². The number of aliphatic carboxylic acids is 1. The van der Waals surface area contributed by atoms with Crippen LogP contribution in [0.25, 0.3) is 10.2 Å². The normalized spacial score (nSPS) is 10.6. The van der Waals surface area contributed by atoms with Crippen LogP contribution in [-0.2, 0) is 4.79 Å². The first kappa shape index (κ1) is 14.0. The molecule has 0 atom stereocenters. The van der Waals surface area contributed by atoms with E-state index in [-0.39, 0.29) is 18.6 Å². The number of ketones is 1. The van der Waals surface area contributed by atoms with E-state index in [0.717, 1.165) is 9.17 Å². The van der Waals surface area contributed by atoms with Gasteiger partial charge >= 0.3 is 5.97 Å². The molecule has 0 unspecified atom stereocenters. The minimum Gasteiger partial charge on any atom is -0.496 e. The van der Waals surface area contributed by atoms with Crippen LogP contribution in [0.15, 0.2) is 16.6 Å². The number of ether oxygens (including phenoxy) is 1. The van der Waals surface area contributed by atoms with Gasteiger partial charge in [-0.1, -0.05) is 0 Å². The molecule has 0 aliphatic rings. The molecule has 1 heterocycles. The number of carboxylic acids is 1. The van der Waals surface area contributed by atoms with Crippen LogP contribution in [0.3, 0.4) is 0 Å². The summed E-state index contributed by atoms with van der Waals surface area (Å²) in [6.45, 7) is 0. The number of methoxy groups -OCH3 is 1. The number of nitrogens with zero attached hydrogens (tertiary/aromatic N) is 1. The molecule has 0 bridgehead atoms. The van der Waals surface area contributed by atoms with Gasteiger partial charge in [-0.15, -0.1) is 11.3 Å². The Bertz CT molecular complexity index is 652. The van der Waals surface area contributed by atoms with Crippen molar-refractivity contribution in [2.75, 3.05) is 7.11 Å².